The van der Waals surface area contributed by atoms with Crippen LogP contribution < -0.4 is 0 Å². The van der Waals surface area contributed by atoms with Crippen molar-refractivity contribution in [1.82, 2.24) is 15.0 Å². The molecule has 0 fully saturated rings. The van der Waals surface area contributed by atoms with Gasteiger partial charge in [-0.3, -0.25) is 4.90 Å². The predicted octanol–water partition coefficient (Wildman–Crippen LogP) is 2.00. The maximum absolute atomic E-state index is 13.2. The molecule has 1 aromatic carbocycles. The van der Waals surface area contributed by atoms with E-state index in [1.165, 1.54) is 6.07 Å². The molecule has 1 heterocycles. The Bertz CT molecular complexity index is 616. The van der Waals surface area contributed by atoms with Crippen LogP contribution in [-0.4, -0.2) is 39.8 Å². The molecule has 21 heavy (non-hydrogen) atoms. The number of benzene rings is 1. The van der Waals surface area contributed by atoms with E-state index < -0.39 is 11.6 Å². The number of aromatic nitrogens is 2. The fourth-order valence-electron chi connectivity index (χ4n) is 1.82. The third-order valence-electron chi connectivity index (χ3n) is 2.81. The molecule has 0 aliphatic heterocycles. The summed E-state index contributed by atoms with van der Waals surface area (Å²) in [5.41, 5.74) is 0.335. The second-order valence-corrected chi connectivity index (χ2v) is 4.39. The minimum absolute atomic E-state index is 0.00198. The van der Waals surface area contributed by atoms with Gasteiger partial charge >= 0.3 is 0 Å². The lowest BCUT2D eigenvalue weighted by atomic mass is 10.2. The van der Waals surface area contributed by atoms with Crippen molar-refractivity contribution in [3.8, 4) is 11.4 Å². The van der Waals surface area contributed by atoms with Crippen LogP contribution in [0.1, 0.15) is 5.89 Å². The molecule has 0 amide bonds. The molecule has 0 spiro atoms. The molecule has 0 atom stereocenters. The smallest absolute Gasteiger partial charge is 0.241 e. The lowest BCUT2D eigenvalue weighted by Gasteiger charge is -2.16. The maximum atomic E-state index is 13.2. The molecule has 0 bridgehead atoms. The highest BCUT2D eigenvalue weighted by atomic mass is 19.2. The largest absolute Gasteiger partial charge is 0.395 e. The highest BCUT2D eigenvalue weighted by Gasteiger charge is 2.13. The summed E-state index contributed by atoms with van der Waals surface area (Å²) < 4.78 is 31.1. The number of hydrogen-bond acceptors (Lipinski definition) is 5. The number of aliphatic hydroxyl groups excluding tert-OH is 1. The third kappa shape index (κ3) is 3.93. The van der Waals surface area contributed by atoms with Crippen molar-refractivity contribution in [3.05, 3.63) is 48.4 Å². The van der Waals surface area contributed by atoms with Gasteiger partial charge in [0.15, 0.2) is 11.6 Å². The van der Waals surface area contributed by atoms with E-state index >= 15 is 0 Å². The summed E-state index contributed by atoms with van der Waals surface area (Å²) in [6.07, 6.45) is 1.70. The first-order chi connectivity index (χ1) is 10.1. The van der Waals surface area contributed by atoms with Gasteiger partial charge in [0, 0.05) is 18.7 Å². The molecule has 0 radical (unpaired) electrons. The average molecular weight is 295 g/mol. The maximum Gasteiger partial charge on any atom is 0.241 e. The Hall–Kier alpha value is -2.12. The molecule has 0 aliphatic rings. The lowest BCUT2D eigenvalue weighted by Crippen LogP contribution is -2.26. The van der Waals surface area contributed by atoms with Crippen LogP contribution in [-0.2, 0) is 6.54 Å². The normalized spacial score (nSPS) is 11.0. The molecule has 112 valence electrons. The van der Waals surface area contributed by atoms with Gasteiger partial charge < -0.3 is 9.63 Å². The zero-order valence-electron chi connectivity index (χ0n) is 11.3. The van der Waals surface area contributed by atoms with Gasteiger partial charge in [0.05, 0.1) is 13.2 Å². The fourth-order valence-corrected chi connectivity index (χ4v) is 1.82. The molecule has 0 saturated carbocycles. The molecule has 1 N–H and O–H groups in total. The monoisotopic (exact) mass is 295 g/mol. The van der Waals surface area contributed by atoms with E-state index in [1.807, 2.05) is 4.90 Å². The van der Waals surface area contributed by atoms with Gasteiger partial charge in [0.1, 0.15) is 0 Å². The van der Waals surface area contributed by atoms with E-state index in [0.717, 1.165) is 12.1 Å². The van der Waals surface area contributed by atoms with E-state index in [4.69, 9.17) is 9.63 Å². The number of hydrogen-bond donors (Lipinski definition) is 1. The van der Waals surface area contributed by atoms with Crippen LogP contribution in [0, 0.1) is 11.6 Å². The SMILES string of the molecule is C=CCN(CCO)Cc1nc(-c2ccc(F)c(F)c2)no1. The topological polar surface area (TPSA) is 62.4 Å². The highest BCUT2D eigenvalue weighted by molar-refractivity contribution is 5.54. The molecular formula is C14H15F2N3O2. The van der Waals surface area contributed by atoms with Crippen LogP contribution in [0.5, 0.6) is 0 Å². The number of aliphatic hydroxyl groups is 1. The van der Waals surface area contributed by atoms with Crippen LogP contribution in [0.3, 0.4) is 0 Å². The van der Waals surface area contributed by atoms with Gasteiger partial charge in [0.25, 0.3) is 0 Å². The van der Waals surface area contributed by atoms with Crippen molar-refractivity contribution in [3.63, 3.8) is 0 Å². The van der Waals surface area contributed by atoms with Crippen LogP contribution in [0.25, 0.3) is 11.4 Å². The summed E-state index contributed by atoms with van der Waals surface area (Å²) in [6.45, 7) is 4.96. The second kappa shape index (κ2) is 7.05. The third-order valence-corrected chi connectivity index (χ3v) is 2.81. The Morgan fingerprint density at radius 3 is 2.81 bits per heavy atom. The van der Waals surface area contributed by atoms with Gasteiger partial charge in [-0.05, 0) is 18.2 Å². The summed E-state index contributed by atoms with van der Waals surface area (Å²) in [6, 6.07) is 3.40. The van der Waals surface area contributed by atoms with Crippen LogP contribution in [0.15, 0.2) is 35.4 Å². The van der Waals surface area contributed by atoms with E-state index in [9.17, 15) is 8.78 Å². The van der Waals surface area contributed by atoms with Crippen LogP contribution in [0.2, 0.25) is 0 Å². The standard InChI is InChI=1S/C14H15F2N3O2/c1-2-5-19(6-7-20)9-13-17-14(18-21-13)10-3-4-11(15)12(16)8-10/h2-4,8,20H,1,5-7,9H2. The van der Waals surface area contributed by atoms with E-state index in [0.29, 0.717) is 31.1 Å². The number of nitrogens with zero attached hydrogens (tertiary/aromatic N) is 3. The van der Waals surface area contributed by atoms with Gasteiger partial charge in [0.2, 0.25) is 11.7 Å². The van der Waals surface area contributed by atoms with Gasteiger partial charge in [-0.25, -0.2) is 8.78 Å². The zero-order chi connectivity index (χ0) is 15.2. The summed E-state index contributed by atoms with van der Waals surface area (Å²) in [7, 11) is 0. The molecule has 0 saturated heterocycles. The van der Waals surface area contributed by atoms with Crippen molar-refractivity contribution in [1.29, 1.82) is 0 Å². The van der Waals surface area contributed by atoms with Crippen molar-refractivity contribution >= 4 is 0 Å². The van der Waals surface area contributed by atoms with Crippen LogP contribution in [0.4, 0.5) is 8.78 Å². The van der Waals surface area contributed by atoms with Gasteiger partial charge in [-0.1, -0.05) is 11.2 Å². The highest BCUT2D eigenvalue weighted by Crippen LogP contribution is 2.19. The van der Waals surface area contributed by atoms with Crippen LogP contribution >= 0.6 is 0 Å². The summed E-state index contributed by atoms with van der Waals surface area (Å²) in [4.78, 5) is 5.99. The van der Waals surface area contributed by atoms with E-state index in [2.05, 4.69) is 16.7 Å². The van der Waals surface area contributed by atoms with Gasteiger partial charge in [-0.15, -0.1) is 6.58 Å². The van der Waals surface area contributed by atoms with E-state index in [-0.39, 0.29) is 12.4 Å². The number of rotatable bonds is 7. The van der Waals surface area contributed by atoms with Gasteiger partial charge in [-0.2, -0.15) is 4.98 Å². The first-order valence-electron chi connectivity index (χ1n) is 6.36. The van der Waals surface area contributed by atoms with Crippen molar-refractivity contribution in [2.75, 3.05) is 19.7 Å². The Balaban J connectivity index is 2.13. The Morgan fingerprint density at radius 1 is 1.33 bits per heavy atom. The Kier molecular flexibility index (Phi) is 5.13. The summed E-state index contributed by atoms with van der Waals surface area (Å²) >= 11 is 0. The zero-order valence-corrected chi connectivity index (χ0v) is 11.3. The minimum Gasteiger partial charge on any atom is -0.395 e. The van der Waals surface area contributed by atoms with Crippen molar-refractivity contribution < 1.29 is 18.4 Å². The molecule has 1 aromatic heterocycles. The first kappa shape index (κ1) is 15.3. The quantitative estimate of drug-likeness (QED) is 0.792. The molecular weight excluding hydrogens is 280 g/mol. The molecule has 5 nitrogen and oxygen atoms in total. The molecule has 0 aliphatic carbocycles. The lowest BCUT2D eigenvalue weighted by molar-refractivity contribution is 0.186. The number of halogens is 2. The van der Waals surface area contributed by atoms with E-state index in [1.54, 1.807) is 6.08 Å². The average Bonchev–Trinajstić information content (AvgIpc) is 2.91. The predicted molar refractivity (Wildman–Crippen MR) is 72.2 cm³/mol. The first-order valence-corrected chi connectivity index (χ1v) is 6.36. The molecule has 2 rings (SSSR count). The molecule has 2 aromatic rings. The minimum atomic E-state index is -0.965. The van der Waals surface area contributed by atoms with Crippen molar-refractivity contribution in [2.24, 2.45) is 0 Å². The van der Waals surface area contributed by atoms with Crippen molar-refractivity contribution in [2.45, 2.75) is 6.54 Å². The second-order valence-electron chi connectivity index (χ2n) is 4.39. The Labute approximate surface area is 120 Å². The summed E-state index contributed by atoms with van der Waals surface area (Å²) in [5, 5.41) is 12.7. The molecule has 0 unspecified atom stereocenters. The molecule has 7 heteroatoms. The Morgan fingerprint density at radius 2 is 2.14 bits per heavy atom. The summed E-state index contributed by atoms with van der Waals surface area (Å²) in [5.74, 6) is -1.38. The fraction of sp³-hybridized carbons (Fsp3) is 0.286.